The SMILES string of the molecule is OC1(c2cccc(Br)c2)OC(COCc2ccccc2)C(OCc2ccccc2)C(OCc2ccccc2)C1OCc1ccccc1. The van der Waals surface area contributed by atoms with E-state index in [1.54, 1.807) is 0 Å². The summed E-state index contributed by atoms with van der Waals surface area (Å²) < 4.78 is 33.9. The summed E-state index contributed by atoms with van der Waals surface area (Å²) in [5.74, 6) is -1.90. The molecular weight excluding hydrogens is 656 g/mol. The van der Waals surface area contributed by atoms with Crippen LogP contribution in [0, 0.1) is 0 Å². The zero-order chi connectivity index (χ0) is 32.3. The third-order valence-corrected chi connectivity index (χ3v) is 8.67. The molecule has 1 aliphatic rings. The molecule has 7 heteroatoms. The van der Waals surface area contributed by atoms with Gasteiger partial charge in [0.15, 0.2) is 0 Å². The van der Waals surface area contributed by atoms with Gasteiger partial charge in [0.05, 0.1) is 33.0 Å². The Morgan fingerprint density at radius 3 is 1.53 bits per heavy atom. The van der Waals surface area contributed by atoms with Crippen molar-refractivity contribution in [2.45, 2.75) is 56.6 Å². The lowest BCUT2D eigenvalue weighted by atomic mass is 9.87. The summed E-state index contributed by atoms with van der Waals surface area (Å²) in [5, 5.41) is 12.7. The topological polar surface area (TPSA) is 66.4 Å². The molecule has 0 aromatic heterocycles. The summed E-state index contributed by atoms with van der Waals surface area (Å²) in [4.78, 5) is 0. The van der Waals surface area contributed by atoms with Crippen molar-refractivity contribution in [1.29, 1.82) is 0 Å². The molecule has 0 radical (unpaired) electrons. The van der Waals surface area contributed by atoms with Gasteiger partial charge in [0.2, 0.25) is 5.79 Å². The summed E-state index contributed by atoms with van der Waals surface area (Å²) in [6, 6.07) is 47.3. The molecule has 6 nitrogen and oxygen atoms in total. The fourth-order valence-electron chi connectivity index (χ4n) is 5.80. The molecule has 5 aromatic carbocycles. The van der Waals surface area contributed by atoms with Crippen LogP contribution in [0.5, 0.6) is 0 Å². The second-order valence-corrected chi connectivity index (χ2v) is 12.5. The Bertz CT molecular complexity index is 1640. The lowest BCUT2D eigenvalue weighted by molar-refractivity contribution is -0.378. The van der Waals surface area contributed by atoms with Gasteiger partial charge >= 0.3 is 0 Å². The first kappa shape index (κ1) is 33.2. The van der Waals surface area contributed by atoms with Crippen molar-refractivity contribution in [3.05, 3.63) is 178 Å². The predicted octanol–water partition coefficient (Wildman–Crippen LogP) is 7.97. The average Bonchev–Trinajstić information content (AvgIpc) is 3.11. The van der Waals surface area contributed by atoms with Crippen LogP contribution in [0.1, 0.15) is 27.8 Å². The maximum Gasteiger partial charge on any atom is 0.222 e. The van der Waals surface area contributed by atoms with E-state index in [0.29, 0.717) is 18.8 Å². The highest BCUT2D eigenvalue weighted by Crippen LogP contribution is 2.42. The smallest absolute Gasteiger partial charge is 0.222 e. The summed E-state index contributed by atoms with van der Waals surface area (Å²) in [5.41, 5.74) is 4.53. The second-order valence-electron chi connectivity index (χ2n) is 11.6. The first-order chi connectivity index (χ1) is 23.1. The van der Waals surface area contributed by atoms with Crippen LogP contribution in [0.3, 0.4) is 0 Å². The molecule has 242 valence electrons. The lowest BCUT2D eigenvalue weighted by Crippen LogP contribution is -2.65. The molecule has 0 bridgehead atoms. The monoisotopic (exact) mass is 694 g/mol. The van der Waals surface area contributed by atoms with Gasteiger partial charge in [-0.15, -0.1) is 0 Å². The summed E-state index contributed by atoms with van der Waals surface area (Å²) in [6.45, 7) is 1.37. The van der Waals surface area contributed by atoms with Gasteiger partial charge in [-0.25, -0.2) is 0 Å². The highest BCUT2D eigenvalue weighted by atomic mass is 79.9. The first-order valence-electron chi connectivity index (χ1n) is 15.8. The molecule has 5 aromatic rings. The van der Waals surface area contributed by atoms with Crippen LogP contribution in [-0.4, -0.2) is 36.1 Å². The van der Waals surface area contributed by atoms with E-state index in [1.807, 2.05) is 146 Å². The highest BCUT2D eigenvalue weighted by Gasteiger charge is 2.57. The van der Waals surface area contributed by atoms with Gasteiger partial charge in [-0.2, -0.15) is 0 Å². The van der Waals surface area contributed by atoms with Gasteiger partial charge in [0, 0.05) is 10.0 Å². The molecule has 5 atom stereocenters. The van der Waals surface area contributed by atoms with E-state index in [0.717, 1.165) is 26.7 Å². The Labute approximate surface area is 285 Å². The molecule has 0 aliphatic carbocycles. The van der Waals surface area contributed by atoms with Crippen LogP contribution in [0.15, 0.2) is 150 Å². The van der Waals surface area contributed by atoms with Crippen molar-refractivity contribution < 1.29 is 28.8 Å². The lowest BCUT2D eigenvalue weighted by Gasteiger charge is -2.50. The van der Waals surface area contributed by atoms with Crippen LogP contribution >= 0.6 is 15.9 Å². The van der Waals surface area contributed by atoms with E-state index in [2.05, 4.69) is 15.9 Å². The van der Waals surface area contributed by atoms with Gasteiger partial charge in [0.1, 0.15) is 24.4 Å². The molecule has 1 fully saturated rings. The fraction of sp³-hybridized carbons (Fsp3) is 0.250. The van der Waals surface area contributed by atoms with Crippen molar-refractivity contribution in [2.24, 2.45) is 0 Å². The quantitative estimate of drug-likeness (QED) is 0.127. The molecule has 0 spiro atoms. The molecule has 1 heterocycles. The van der Waals surface area contributed by atoms with E-state index in [9.17, 15) is 5.11 Å². The minimum Gasteiger partial charge on any atom is -0.374 e. The standard InChI is InChI=1S/C40H39BrO6/c41-35-23-13-22-34(24-35)40(42)39(46-28-33-20-11-4-12-21-33)38(45-27-32-18-9-3-10-19-32)37(44-26-31-16-7-2-8-17-31)36(47-40)29-43-25-30-14-5-1-6-15-30/h1-24,36-39,42H,25-29H2. The van der Waals surface area contributed by atoms with E-state index >= 15 is 0 Å². The van der Waals surface area contributed by atoms with Crippen LogP contribution in [0.25, 0.3) is 0 Å². The Morgan fingerprint density at radius 1 is 0.553 bits per heavy atom. The number of hydrogen-bond donors (Lipinski definition) is 1. The Balaban J connectivity index is 1.37. The fourth-order valence-corrected chi connectivity index (χ4v) is 6.20. The summed E-state index contributed by atoms with van der Waals surface area (Å²) in [7, 11) is 0. The van der Waals surface area contributed by atoms with E-state index in [1.165, 1.54) is 0 Å². The van der Waals surface area contributed by atoms with Crippen molar-refractivity contribution in [1.82, 2.24) is 0 Å². The minimum atomic E-state index is -1.90. The minimum absolute atomic E-state index is 0.154. The second kappa shape index (κ2) is 16.4. The maximum absolute atomic E-state index is 12.7. The van der Waals surface area contributed by atoms with Gasteiger partial charge in [-0.05, 0) is 34.4 Å². The molecule has 1 N–H and O–H groups in total. The number of rotatable bonds is 14. The molecule has 1 saturated heterocycles. The van der Waals surface area contributed by atoms with Gasteiger partial charge in [0.25, 0.3) is 0 Å². The normalized spacial score (nSPS) is 22.6. The maximum atomic E-state index is 12.7. The Kier molecular flexibility index (Phi) is 11.6. The molecule has 47 heavy (non-hydrogen) atoms. The molecule has 5 unspecified atom stereocenters. The van der Waals surface area contributed by atoms with Crippen LogP contribution in [-0.2, 0) is 55.9 Å². The molecule has 0 amide bonds. The number of hydrogen-bond acceptors (Lipinski definition) is 6. The Morgan fingerprint density at radius 2 is 1.02 bits per heavy atom. The third-order valence-electron chi connectivity index (χ3n) is 8.18. The van der Waals surface area contributed by atoms with Crippen LogP contribution in [0.2, 0.25) is 0 Å². The molecular formula is C40H39BrO6. The van der Waals surface area contributed by atoms with Crippen molar-refractivity contribution >= 4 is 15.9 Å². The molecule has 1 aliphatic heterocycles. The largest absolute Gasteiger partial charge is 0.374 e. The van der Waals surface area contributed by atoms with Gasteiger partial charge in [-0.3, -0.25) is 0 Å². The zero-order valence-corrected chi connectivity index (χ0v) is 27.7. The van der Waals surface area contributed by atoms with E-state index in [-0.39, 0.29) is 19.8 Å². The molecule has 6 rings (SSSR count). The highest BCUT2D eigenvalue weighted by molar-refractivity contribution is 9.10. The van der Waals surface area contributed by atoms with E-state index < -0.39 is 30.2 Å². The number of ether oxygens (including phenoxy) is 5. The average molecular weight is 696 g/mol. The van der Waals surface area contributed by atoms with Gasteiger partial charge in [-0.1, -0.05) is 149 Å². The summed E-state index contributed by atoms with van der Waals surface area (Å²) in [6.07, 6.45) is -3.07. The first-order valence-corrected chi connectivity index (χ1v) is 16.6. The van der Waals surface area contributed by atoms with Gasteiger partial charge < -0.3 is 28.8 Å². The van der Waals surface area contributed by atoms with Crippen LogP contribution < -0.4 is 0 Å². The Hall–Kier alpha value is -3.66. The molecule has 0 saturated carbocycles. The number of aliphatic hydroxyl groups is 1. The van der Waals surface area contributed by atoms with E-state index in [4.69, 9.17) is 23.7 Å². The third kappa shape index (κ3) is 8.83. The van der Waals surface area contributed by atoms with Crippen molar-refractivity contribution in [3.63, 3.8) is 0 Å². The number of halogens is 1. The summed E-state index contributed by atoms with van der Waals surface area (Å²) >= 11 is 3.58. The zero-order valence-electron chi connectivity index (χ0n) is 26.1. The van der Waals surface area contributed by atoms with Crippen molar-refractivity contribution in [3.8, 4) is 0 Å². The van der Waals surface area contributed by atoms with Crippen molar-refractivity contribution in [2.75, 3.05) is 6.61 Å². The predicted molar refractivity (Wildman–Crippen MR) is 184 cm³/mol. The number of benzene rings is 5. The van der Waals surface area contributed by atoms with Crippen LogP contribution in [0.4, 0.5) is 0 Å².